The van der Waals surface area contributed by atoms with E-state index in [0.29, 0.717) is 12.0 Å². The van der Waals surface area contributed by atoms with Crippen LogP contribution in [0.2, 0.25) is 10.0 Å². The van der Waals surface area contributed by atoms with E-state index in [-0.39, 0.29) is 0 Å². The lowest BCUT2D eigenvalue weighted by Gasteiger charge is -2.31. The molecule has 16 heavy (non-hydrogen) atoms. The maximum absolute atomic E-state index is 6.31. The fourth-order valence-corrected chi connectivity index (χ4v) is 3.24. The van der Waals surface area contributed by atoms with Gasteiger partial charge in [-0.15, -0.1) is 0 Å². The third-order valence-corrected chi connectivity index (χ3v) is 4.02. The monoisotopic (exact) mass is 257 g/mol. The molecule has 0 spiro atoms. The van der Waals surface area contributed by atoms with E-state index >= 15 is 0 Å². The molecule has 1 nitrogen and oxygen atoms in total. The Balaban J connectivity index is 2.51. The molecular formula is C13H17Cl2N. The molecule has 0 bridgehead atoms. The van der Waals surface area contributed by atoms with Gasteiger partial charge in [0.2, 0.25) is 0 Å². The zero-order valence-corrected chi connectivity index (χ0v) is 11.2. The summed E-state index contributed by atoms with van der Waals surface area (Å²) in [6.07, 6.45) is 2.31. The number of rotatable bonds is 2. The van der Waals surface area contributed by atoms with E-state index in [9.17, 15) is 0 Å². The Bertz CT molecular complexity index is 390. The van der Waals surface area contributed by atoms with Crippen LogP contribution >= 0.6 is 23.2 Å². The van der Waals surface area contributed by atoms with Gasteiger partial charge in [0.1, 0.15) is 0 Å². The Morgan fingerprint density at radius 1 is 1.19 bits per heavy atom. The van der Waals surface area contributed by atoms with Crippen LogP contribution in [-0.4, -0.2) is 6.54 Å². The summed E-state index contributed by atoms with van der Waals surface area (Å²) in [5, 5.41) is 5.19. The van der Waals surface area contributed by atoms with Gasteiger partial charge in [-0.2, -0.15) is 0 Å². The minimum absolute atomic E-state index is 0.363. The summed E-state index contributed by atoms with van der Waals surface area (Å²) >= 11 is 12.6. The summed E-state index contributed by atoms with van der Waals surface area (Å²) in [5.41, 5.74) is 2.46. The van der Waals surface area contributed by atoms with Gasteiger partial charge in [0.15, 0.2) is 0 Å². The lowest BCUT2D eigenvalue weighted by Crippen LogP contribution is -2.26. The van der Waals surface area contributed by atoms with E-state index in [1.54, 1.807) is 0 Å². The Hall–Kier alpha value is -0.240. The third-order valence-electron chi connectivity index (χ3n) is 3.36. The van der Waals surface area contributed by atoms with E-state index in [2.05, 4.69) is 19.2 Å². The zero-order chi connectivity index (χ0) is 11.7. The van der Waals surface area contributed by atoms with Crippen LogP contribution in [0.3, 0.4) is 0 Å². The van der Waals surface area contributed by atoms with Crippen molar-refractivity contribution < 1.29 is 0 Å². The van der Waals surface area contributed by atoms with Crippen molar-refractivity contribution in [2.75, 3.05) is 6.54 Å². The Kier molecular flexibility index (Phi) is 3.78. The summed E-state index contributed by atoms with van der Waals surface area (Å²) in [4.78, 5) is 0. The highest BCUT2D eigenvalue weighted by molar-refractivity contribution is 6.34. The summed E-state index contributed by atoms with van der Waals surface area (Å²) in [6.45, 7) is 5.31. The molecule has 0 heterocycles. The van der Waals surface area contributed by atoms with Crippen molar-refractivity contribution in [3.8, 4) is 0 Å². The highest BCUT2D eigenvalue weighted by Crippen LogP contribution is 2.44. The van der Waals surface area contributed by atoms with E-state index < -0.39 is 0 Å². The normalized spacial score (nSPS) is 24.2. The molecule has 0 aromatic heterocycles. The molecule has 1 N–H and O–H groups in total. The molecule has 0 fully saturated rings. The van der Waals surface area contributed by atoms with Crippen molar-refractivity contribution in [1.29, 1.82) is 0 Å². The van der Waals surface area contributed by atoms with Crippen molar-refractivity contribution in [3.63, 3.8) is 0 Å². The molecule has 0 saturated heterocycles. The minimum Gasteiger partial charge on any atom is -0.310 e. The molecule has 1 aliphatic rings. The van der Waals surface area contributed by atoms with Crippen LogP contribution in [0, 0.1) is 0 Å². The molecule has 1 aliphatic carbocycles. The van der Waals surface area contributed by atoms with Gasteiger partial charge >= 0.3 is 0 Å². The average molecular weight is 258 g/mol. The Labute approximate surface area is 107 Å². The second-order valence-electron chi connectivity index (χ2n) is 4.45. The molecule has 3 heteroatoms. The molecule has 0 radical (unpaired) electrons. The van der Waals surface area contributed by atoms with Crippen LogP contribution < -0.4 is 5.32 Å². The molecule has 1 aromatic rings. The first kappa shape index (κ1) is 12.2. The number of nitrogens with one attached hydrogen (secondary N) is 1. The van der Waals surface area contributed by atoms with Crippen LogP contribution in [0.25, 0.3) is 0 Å². The van der Waals surface area contributed by atoms with Gasteiger partial charge in [-0.05, 0) is 48.6 Å². The molecule has 0 saturated carbocycles. The van der Waals surface area contributed by atoms with Crippen LogP contribution in [0.1, 0.15) is 49.8 Å². The highest BCUT2D eigenvalue weighted by Gasteiger charge is 2.28. The summed E-state index contributed by atoms with van der Waals surface area (Å²) in [5.74, 6) is 0.510. The fraction of sp³-hybridized carbons (Fsp3) is 0.538. The van der Waals surface area contributed by atoms with E-state index in [1.807, 2.05) is 12.1 Å². The Morgan fingerprint density at radius 3 is 2.44 bits per heavy atom. The van der Waals surface area contributed by atoms with E-state index in [0.717, 1.165) is 23.0 Å². The van der Waals surface area contributed by atoms with Gasteiger partial charge in [-0.1, -0.05) is 37.0 Å². The van der Waals surface area contributed by atoms with Crippen LogP contribution in [0.5, 0.6) is 0 Å². The predicted molar refractivity (Wildman–Crippen MR) is 70.5 cm³/mol. The fourth-order valence-electron chi connectivity index (χ4n) is 2.59. The molecule has 2 rings (SSSR count). The lowest BCUT2D eigenvalue weighted by atomic mass is 9.81. The van der Waals surface area contributed by atoms with Gasteiger partial charge in [-0.3, -0.25) is 0 Å². The summed E-state index contributed by atoms with van der Waals surface area (Å²) in [6, 6.07) is 4.18. The van der Waals surface area contributed by atoms with Gasteiger partial charge in [-0.25, -0.2) is 0 Å². The second kappa shape index (κ2) is 4.95. The molecule has 88 valence electrons. The number of hydrogen-bond acceptors (Lipinski definition) is 1. The minimum atomic E-state index is 0.363. The quantitative estimate of drug-likeness (QED) is 0.821. The van der Waals surface area contributed by atoms with E-state index in [4.69, 9.17) is 23.2 Å². The summed E-state index contributed by atoms with van der Waals surface area (Å²) < 4.78 is 0. The first-order valence-electron chi connectivity index (χ1n) is 5.86. The maximum Gasteiger partial charge on any atom is 0.0457 e. The van der Waals surface area contributed by atoms with Gasteiger partial charge < -0.3 is 5.32 Å². The average Bonchev–Trinajstić information content (AvgIpc) is 2.26. The van der Waals surface area contributed by atoms with Crippen molar-refractivity contribution in [2.24, 2.45) is 0 Å². The lowest BCUT2D eigenvalue weighted by molar-refractivity contribution is 0.441. The predicted octanol–water partition coefficient (Wildman–Crippen LogP) is 4.54. The topological polar surface area (TPSA) is 12.0 Å². The SMILES string of the molecule is CCNC1CCC(C)c2c(Cl)ccc(Cl)c21. The van der Waals surface area contributed by atoms with Crippen LogP contribution in [0.4, 0.5) is 0 Å². The second-order valence-corrected chi connectivity index (χ2v) is 5.26. The van der Waals surface area contributed by atoms with Crippen LogP contribution in [-0.2, 0) is 0 Å². The van der Waals surface area contributed by atoms with Crippen LogP contribution in [0.15, 0.2) is 12.1 Å². The molecule has 0 aliphatic heterocycles. The van der Waals surface area contributed by atoms with Crippen molar-refractivity contribution in [2.45, 2.75) is 38.6 Å². The first-order chi connectivity index (χ1) is 7.65. The number of halogens is 2. The van der Waals surface area contributed by atoms with Crippen molar-refractivity contribution >= 4 is 23.2 Å². The smallest absolute Gasteiger partial charge is 0.0457 e. The third kappa shape index (κ3) is 2.09. The maximum atomic E-state index is 6.31. The van der Waals surface area contributed by atoms with Crippen molar-refractivity contribution in [3.05, 3.63) is 33.3 Å². The van der Waals surface area contributed by atoms with Crippen molar-refractivity contribution in [1.82, 2.24) is 5.32 Å². The number of benzene rings is 1. The Morgan fingerprint density at radius 2 is 1.81 bits per heavy atom. The molecule has 0 amide bonds. The molecular weight excluding hydrogens is 241 g/mol. The number of hydrogen-bond donors (Lipinski definition) is 1. The standard InChI is InChI=1S/C13H17Cl2N/c1-3-16-11-7-4-8(2)12-9(14)5-6-10(15)13(11)12/h5-6,8,11,16H,3-4,7H2,1-2H3. The number of fused-ring (bicyclic) bond motifs is 1. The van der Waals surface area contributed by atoms with E-state index in [1.165, 1.54) is 17.5 Å². The highest BCUT2D eigenvalue weighted by atomic mass is 35.5. The van der Waals surface area contributed by atoms with Gasteiger partial charge in [0.05, 0.1) is 0 Å². The summed E-state index contributed by atoms with van der Waals surface area (Å²) in [7, 11) is 0. The zero-order valence-electron chi connectivity index (χ0n) is 9.69. The van der Waals surface area contributed by atoms with Gasteiger partial charge in [0, 0.05) is 16.1 Å². The van der Waals surface area contributed by atoms with Gasteiger partial charge in [0.25, 0.3) is 0 Å². The first-order valence-corrected chi connectivity index (χ1v) is 6.62. The molecule has 2 unspecified atom stereocenters. The molecule has 1 aromatic carbocycles. The largest absolute Gasteiger partial charge is 0.310 e. The molecule has 2 atom stereocenters.